The van der Waals surface area contributed by atoms with Gasteiger partial charge in [0.15, 0.2) is 5.96 Å². The highest BCUT2D eigenvalue weighted by atomic mass is 16.5. The molecule has 1 aliphatic heterocycles. The van der Waals surface area contributed by atoms with Gasteiger partial charge in [-0.05, 0) is 0 Å². The molecule has 1 fully saturated rings. The molecule has 0 saturated carbocycles. The Morgan fingerprint density at radius 2 is 1.69 bits per heavy atom. The Labute approximate surface area is 97.7 Å². The second kappa shape index (κ2) is 5.50. The van der Waals surface area contributed by atoms with E-state index in [9.17, 15) is 5.11 Å². The maximum absolute atomic E-state index is 10.3. The topological polar surface area (TPSA) is 48.3 Å². The zero-order chi connectivity index (χ0) is 12.2. The summed E-state index contributed by atoms with van der Waals surface area (Å²) in [5.41, 5.74) is -0.685. The van der Waals surface area contributed by atoms with Gasteiger partial charge in [-0.2, -0.15) is 0 Å². The van der Waals surface area contributed by atoms with Crippen molar-refractivity contribution in [1.82, 2.24) is 9.80 Å². The van der Waals surface area contributed by atoms with Crippen molar-refractivity contribution in [3.8, 4) is 0 Å². The summed E-state index contributed by atoms with van der Waals surface area (Å²) < 4.78 is 5.24. The van der Waals surface area contributed by atoms with Crippen LogP contribution in [0.3, 0.4) is 0 Å². The van der Waals surface area contributed by atoms with Gasteiger partial charge < -0.3 is 19.6 Å². The van der Waals surface area contributed by atoms with E-state index in [0.29, 0.717) is 32.6 Å². The standard InChI is InChI=1S/C11H23N3O2/c1-13(2)10(14(3)4)12-9-11(15)5-7-16-8-6-11/h15H,5-9H2,1-4H3. The molecule has 1 heterocycles. The minimum absolute atomic E-state index is 0.446. The second-order valence-electron chi connectivity index (χ2n) is 4.74. The van der Waals surface area contributed by atoms with Crippen molar-refractivity contribution in [1.29, 1.82) is 0 Å². The first-order valence-corrected chi connectivity index (χ1v) is 5.64. The van der Waals surface area contributed by atoms with Gasteiger partial charge in [-0.25, -0.2) is 4.99 Å². The van der Waals surface area contributed by atoms with E-state index in [0.717, 1.165) is 5.96 Å². The lowest BCUT2D eigenvalue weighted by Gasteiger charge is -2.31. The quantitative estimate of drug-likeness (QED) is 0.535. The summed E-state index contributed by atoms with van der Waals surface area (Å²) in [6.07, 6.45) is 1.34. The fraction of sp³-hybridized carbons (Fsp3) is 0.909. The van der Waals surface area contributed by atoms with Crippen molar-refractivity contribution in [3.63, 3.8) is 0 Å². The average Bonchev–Trinajstić information content (AvgIpc) is 2.17. The minimum Gasteiger partial charge on any atom is -0.388 e. The first-order chi connectivity index (χ1) is 7.44. The number of aliphatic imine (C=N–C) groups is 1. The molecule has 0 radical (unpaired) electrons. The number of rotatable bonds is 2. The molecule has 0 bridgehead atoms. The van der Waals surface area contributed by atoms with Gasteiger partial charge >= 0.3 is 0 Å². The summed E-state index contributed by atoms with van der Waals surface area (Å²) >= 11 is 0. The number of aliphatic hydroxyl groups is 1. The molecule has 0 aromatic carbocycles. The first kappa shape index (κ1) is 13.3. The highest BCUT2D eigenvalue weighted by Gasteiger charge is 2.29. The number of guanidine groups is 1. The SMILES string of the molecule is CN(C)C(=NCC1(O)CCOCC1)N(C)C. The van der Waals surface area contributed by atoms with Gasteiger partial charge in [0.1, 0.15) is 0 Å². The summed E-state index contributed by atoms with van der Waals surface area (Å²) in [7, 11) is 7.81. The molecule has 16 heavy (non-hydrogen) atoms. The number of nitrogens with zero attached hydrogens (tertiary/aromatic N) is 3. The van der Waals surface area contributed by atoms with Crippen LogP contribution in [0, 0.1) is 0 Å². The molecule has 1 rings (SSSR count). The van der Waals surface area contributed by atoms with Crippen LogP contribution in [0.5, 0.6) is 0 Å². The van der Waals surface area contributed by atoms with Crippen LogP contribution >= 0.6 is 0 Å². The molecule has 5 heteroatoms. The van der Waals surface area contributed by atoms with Crippen LogP contribution < -0.4 is 0 Å². The molecular formula is C11H23N3O2. The number of hydrogen-bond acceptors (Lipinski definition) is 3. The predicted molar refractivity (Wildman–Crippen MR) is 64.7 cm³/mol. The van der Waals surface area contributed by atoms with Crippen LogP contribution in [0.1, 0.15) is 12.8 Å². The first-order valence-electron chi connectivity index (χ1n) is 5.64. The molecule has 1 saturated heterocycles. The summed E-state index contributed by atoms with van der Waals surface area (Å²) in [6.45, 7) is 1.71. The Balaban J connectivity index is 2.61. The van der Waals surface area contributed by atoms with Crippen LogP contribution in [0.2, 0.25) is 0 Å². The van der Waals surface area contributed by atoms with Gasteiger partial charge in [0, 0.05) is 54.2 Å². The Morgan fingerprint density at radius 3 is 2.12 bits per heavy atom. The third-order valence-electron chi connectivity index (χ3n) is 2.74. The van der Waals surface area contributed by atoms with Crippen molar-refractivity contribution >= 4 is 5.96 Å². The second-order valence-corrected chi connectivity index (χ2v) is 4.74. The van der Waals surface area contributed by atoms with Gasteiger partial charge in [0.2, 0.25) is 0 Å². The highest BCUT2D eigenvalue weighted by Crippen LogP contribution is 2.20. The van der Waals surface area contributed by atoms with Gasteiger partial charge in [0.25, 0.3) is 0 Å². The lowest BCUT2D eigenvalue weighted by molar-refractivity contribution is -0.0567. The van der Waals surface area contributed by atoms with Gasteiger partial charge in [-0.1, -0.05) is 0 Å². The summed E-state index contributed by atoms with van der Waals surface area (Å²) in [4.78, 5) is 8.38. The van der Waals surface area contributed by atoms with Gasteiger partial charge in [-0.3, -0.25) is 0 Å². The van der Waals surface area contributed by atoms with E-state index in [2.05, 4.69) is 4.99 Å². The van der Waals surface area contributed by atoms with Crippen LogP contribution in [-0.2, 0) is 4.74 Å². The lowest BCUT2D eigenvalue weighted by atomic mass is 9.95. The zero-order valence-electron chi connectivity index (χ0n) is 10.7. The Bertz CT molecular complexity index is 236. The Hall–Kier alpha value is -0.810. The van der Waals surface area contributed by atoms with Crippen molar-refractivity contribution in [3.05, 3.63) is 0 Å². The van der Waals surface area contributed by atoms with E-state index >= 15 is 0 Å². The molecule has 0 aromatic rings. The van der Waals surface area contributed by atoms with Crippen molar-refractivity contribution < 1.29 is 9.84 Å². The molecule has 0 unspecified atom stereocenters. The van der Waals surface area contributed by atoms with Gasteiger partial charge in [-0.15, -0.1) is 0 Å². The minimum atomic E-state index is -0.685. The van der Waals surface area contributed by atoms with Crippen LogP contribution in [0.15, 0.2) is 4.99 Å². The van der Waals surface area contributed by atoms with E-state index < -0.39 is 5.60 Å². The van der Waals surface area contributed by atoms with E-state index in [1.54, 1.807) is 0 Å². The summed E-state index contributed by atoms with van der Waals surface area (Å²) in [6, 6.07) is 0. The maximum Gasteiger partial charge on any atom is 0.195 e. The largest absolute Gasteiger partial charge is 0.388 e. The van der Waals surface area contributed by atoms with E-state index in [1.165, 1.54) is 0 Å². The zero-order valence-corrected chi connectivity index (χ0v) is 10.7. The third-order valence-corrected chi connectivity index (χ3v) is 2.74. The van der Waals surface area contributed by atoms with E-state index in [4.69, 9.17) is 4.74 Å². The van der Waals surface area contributed by atoms with Gasteiger partial charge in [0.05, 0.1) is 12.1 Å². The number of hydrogen-bond donors (Lipinski definition) is 1. The van der Waals surface area contributed by atoms with Crippen LogP contribution in [-0.4, -0.2) is 74.4 Å². The molecule has 1 aliphatic rings. The molecule has 5 nitrogen and oxygen atoms in total. The molecule has 94 valence electrons. The third kappa shape index (κ3) is 3.64. The molecular weight excluding hydrogens is 206 g/mol. The lowest BCUT2D eigenvalue weighted by Crippen LogP contribution is -2.41. The van der Waals surface area contributed by atoms with E-state index in [1.807, 2.05) is 38.0 Å². The Morgan fingerprint density at radius 1 is 1.19 bits per heavy atom. The smallest absolute Gasteiger partial charge is 0.195 e. The van der Waals surface area contributed by atoms with Crippen LogP contribution in [0.25, 0.3) is 0 Å². The van der Waals surface area contributed by atoms with Crippen molar-refractivity contribution in [2.45, 2.75) is 18.4 Å². The Kier molecular flexibility index (Phi) is 4.56. The van der Waals surface area contributed by atoms with Crippen molar-refractivity contribution in [2.24, 2.45) is 4.99 Å². The van der Waals surface area contributed by atoms with Crippen molar-refractivity contribution in [2.75, 3.05) is 47.9 Å². The predicted octanol–water partition coefficient (Wildman–Crippen LogP) is 0.00710. The number of ether oxygens (including phenoxy) is 1. The molecule has 0 aromatic heterocycles. The maximum atomic E-state index is 10.3. The van der Waals surface area contributed by atoms with E-state index in [-0.39, 0.29) is 0 Å². The fourth-order valence-corrected chi connectivity index (χ4v) is 1.81. The normalized spacial score (nSPS) is 19.1. The fourth-order valence-electron chi connectivity index (χ4n) is 1.81. The van der Waals surface area contributed by atoms with Crippen LogP contribution in [0.4, 0.5) is 0 Å². The average molecular weight is 229 g/mol. The molecule has 0 amide bonds. The molecule has 0 spiro atoms. The highest BCUT2D eigenvalue weighted by molar-refractivity contribution is 5.79. The molecule has 0 aliphatic carbocycles. The molecule has 0 atom stereocenters. The summed E-state index contributed by atoms with van der Waals surface area (Å²) in [5.74, 6) is 0.875. The molecule has 1 N–H and O–H groups in total. The summed E-state index contributed by atoms with van der Waals surface area (Å²) in [5, 5.41) is 10.3. The monoisotopic (exact) mass is 229 g/mol.